The summed E-state index contributed by atoms with van der Waals surface area (Å²) < 4.78 is 19.6. The monoisotopic (exact) mass is 642 g/mol. The van der Waals surface area contributed by atoms with Crippen LogP contribution in [0.15, 0.2) is 84.5 Å². The zero-order valence-electron chi connectivity index (χ0n) is 28.9. The number of hydrogen-bond acceptors (Lipinski definition) is 5. The molecule has 1 aliphatic heterocycles. The van der Waals surface area contributed by atoms with Gasteiger partial charge in [0.15, 0.2) is 0 Å². The van der Waals surface area contributed by atoms with Crippen molar-refractivity contribution in [3.05, 3.63) is 84.5 Å². The third kappa shape index (κ3) is 7.28. The van der Waals surface area contributed by atoms with E-state index in [0.29, 0.717) is 24.2 Å². The van der Waals surface area contributed by atoms with Gasteiger partial charge < -0.3 is 13.9 Å². The Bertz CT molecular complexity index is 1350. The highest BCUT2D eigenvalue weighted by molar-refractivity contribution is 6.99. The molecular weight excluding hydrogens is 589 g/mol. The average molecular weight is 643 g/mol. The van der Waals surface area contributed by atoms with E-state index < -0.39 is 8.32 Å². The van der Waals surface area contributed by atoms with Crippen LogP contribution in [-0.4, -0.2) is 38.6 Å². The van der Waals surface area contributed by atoms with Gasteiger partial charge >= 0.3 is 11.9 Å². The minimum absolute atomic E-state index is 0.0913. The Morgan fingerprint density at radius 2 is 1.61 bits per heavy atom. The van der Waals surface area contributed by atoms with Gasteiger partial charge in [-0.05, 0) is 64.4 Å². The summed E-state index contributed by atoms with van der Waals surface area (Å²) >= 11 is 0. The van der Waals surface area contributed by atoms with E-state index in [-0.39, 0.29) is 53.5 Å². The molecule has 5 rings (SSSR count). The van der Waals surface area contributed by atoms with E-state index in [9.17, 15) is 9.59 Å². The molecule has 5 nitrogen and oxygen atoms in total. The largest absolute Gasteiger partial charge is 0.462 e. The summed E-state index contributed by atoms with van der Waals surface area (Å²) in [6, 6.07) is 21.3. The van der Waals surface area contributed by atoms with E-state index >= 15 is 0 Å². The smallest absolute Gasteiger partial charge is 0.308 e. The molecule has 46 heavy (non-hydrogen) atoms. The predicted molar refractivity (Wildman–Crippen MR) is 187 cm³/mol. The second kappa shape index (κ2) is 14.4. The number of allylic oxidation sites excluding steroid dienone is 3. The van der Waals surface area contributed by atoms with Crippen molar-refractivity contribution >= 4 is 30.6 Å². The molecule has 3 aliphatic rings. The predicted octanol–water partition coefficient (Wildman–Crippen LogP) is 7.78. The second-order valence-electron chi connectivity index (χ2n) is 15.1. The summed E-state index contributed by atoms with van der Waals surface area (Å²) in [6.07, 6.45) is 10.6. The van der Waals surface area contributed by atoms with Crippen molar-refractivity contribution in [2.75, 3.05) is 0 Å². The molecule has 0 unspecified atom stereocenters. The van der Waals surface area contributed by atoms with Gasteiger partial charge in [0.2, 0.25) is 0 Å². The summed E-state index contributed by atoms with van der Waals surface area (Å²) in [4.78, 5) is 26.1. The zero-order valence-corrected chi connectivity index (χ0v) is 29.9. The molecule has 0 spiro atoms. The number of cyclic esters (lactones) is 1. The minimum Gasteiger partial charge on any atom is -0.462 e. The van der Waals surface area contributed by atoms with Crippen LogP contribution in [0, 0.1) is 29.6 Å². The highest BCUT2D eigenvalue weighted by Gasteiger charge is 2.52. The lowest BCUT2D eigenvalue weighted by molar-refractivity contribution is -0.162. The van der Waals surface area contributed by atoms with Crippen molar-refractivity contribution in [3.8, 4) is 0 Å². The molecule has 0 radical (unpaired) electrons. The molecule has 0 amide bonds. The van der Waals surface area contributed by atoms with E-state index in [1.807, 2.05) is 13.8 Å². The Balaban J connectivity index is 1.37. The lowest BCUT2D eigenvalue weighted by Gasteiger charge is -2.46. The van der Waals surface area contributed by atoms with E-state index in [0.717, 1.165) is 25.7 Å². The first-order chi connectivity index (χ1) is 21.9. The first kappa shape index (κ1) is 34.4. The minimum atomic E-state index is -2.80. The maximum absolute atomic E-state index is 13.2. The quantitative estimate of drug-likeness (QED) is 0.196. The van der Waals surface area contributed by atoms with Gasteiger partial charge in [0.05, 0.1) is 18.4 Å². The van der Waals surface area contributed by atoms with Crippen LogP contribution in [0.4, 0.5) is 0 Å². The number of rotatable bonds is 10. The van der Waals surface area contributed by atoms with Crippen molar-refractivity contribution in [1.82, 2.24) is 0 Å². The van der Waals surface area contributed by atoms with E-state index in [2.05, 4.69) is 114 Å². The van der Waals surface area contributed by atoms with Gasteiger partial charge in [0.1, 0.15) is 12.2 Å². The molecular formula is C40H54O5Si. The van der Waals surface area contributed by atoms with Crippen LogP contribution in [0.5, 0.6) is 0 Å². The molecule has 1 fully saturated rings. The highest BCUT2D eigenvalue weighted by Crippen LogP contribution is 2.46. The molecule has 248 valence electrons. The highest BCUT2D eigenvalue weighted by atomic mass is 28.4. The van der Waals surface area contributed by atoms with Crippen LogP contribution in [0.25, 0.3) is 0 Å². The summed E-state index contributed by atoms with van der Waals surface area (Å²) in [6.45, 7) is 15.3. The van der Waals surface area contributed by atoms with Crippen LogP contribution < -0.4 is 10.4 Å². The second-order valence-corrected chi connectivity index (χ2v) is 19.4. The molecule has 2 aliphatic carbocycles. The Morgan fingerprint density at radius 1 is 0.978 bits per heavy atom. The molecule has 1 heterocycles. The van der Waals surface area contributed by atoms with Crippen LogP contribution in [0.1, 0.15) is 87.0 Å². The number of esters is 2. The fraction of sp³-hybridized carbons (Fsp3) is 0.550. The summed E-state index contributed by atoms with van der Waals surface area (Å²) in [7, 11) is -2.80. The van der Waals surface area contributed by atoms with Crippen molar-refractivity contribution in [1.29, 1.82) is 0 Å². The fourth-order valence-electron chi connectivity index (χ4n) is 8.08. The fourth-order valence-corrected chi connectivity index (χ4v) is 12.8. The van der Waals surface area contributed by atoms with Crippen molar-refractivity contribution in [2.45, 2.75) is 110 Å². The van der Waals surface area contributed by atoms with Gasteiger partial charge in [0, 0.05) is 12.3 Å². The van der Waals surface area contributed by atoms with Crippen molar-refractivity contribution in [3.63, 3.8) is 0 Å². The molecule has 2 aromatic rings. The van der Waals surface area contributed by atoms with Crippen molar-refractivity contribution < 1.29 is 23.5 Å². The summed E-state index contributed by atoms with van der Waals surface area (Å²) in [5.74, 6) is 0.786. The van der Waals surface area contributed by atoms with E-state index in [1.54, 1.807) is 0 Å². The standard InChI is InChI=1S/C40H54O5Si/c1-8-28(3)39(42)44-36-24-27(2)23-30-20-19-29(4)35(38(30)36)22-21-31-25-32(26-37(41)43-31)45-46(40(5,6)7,33-15-11-9-12-16-33)34-17-13-10-14-18-34/h9-20,23,27-29,31-32,35-36,38H,8,21-22,24-26H2,1-7H3/t27-,28-,29-,31+,32+,35-,36-,38-/m0/s1. The van der Waals surface area contributed by atoms with Crippen molar-refractivity contribution in [2.24, 2.45) is 29.6 Å². The van der Waals surface area contributed by atoms with Gasteiger partial charge in [-0.3, -0.25) is 9.59 Å². The molecule has 8 atom stereocenters. The summed E-state index contributed by atoms with van der Waals surface area (Å²) in [5, 5.41) is 2.27. The number of benzene rings is 2. The Hall–Kier alpha value is -2.96. The maximum Gasteiger partial charge on any atom is 0.308 e. The number of fused-ring (bicyclic) bond motifs is 1. The van der Waals surface area contributed by atoms with Gasteiger partial charge in [-0.15, -0.1) is 0 Å². The maximum atomic E-state index is 13.2. The molecule has 0 bridgehead atoms. The molecule has 0 N–H and O–H groups in total. The molecule has 1 saturated heterocycles. The van der Waals surface area contributed by atoms with Crippen LogP contribution in [-0.2, 0) is 23.5 Å². The number of hydrogen-bond donors (Lipinski definition) is 0. The van der Waals surface area contributed by atoms with Gasteiger partial charge in [-0.25, -0.2) is 0 Å². The third-order valence-electron chi connectivity index (χ3n) is 10.7. The number of ether oxygens (including phenoxy) is 2. The van der Waals surface area contributed by atoms with Crippen LogP contribution in [0.2, 0.25) is 5.04 Å². The number of carbonyl (C=O) groups is 2. The van der Waals surface area contributed by atoms with Gasteiger partial charge in [-0.2, -0.15) is 0 Å². The van der Waals surface area contributed by atoms with Crippen LogP contribution in [0.3, 0.4) is 0 Å². The zero-order chi connectivity index (χ0) is 33.1. The third-order valence-corrected chi connectivity index (χ3v) is 15.8. The Labute approximate surface area is 277 Å². The molecule has 2 aromatic carbocycles. The molecule has 0 aromatic heterocycles. The normalized spacial score (nSPS) is 28.9. The van der Waals surface area contributed by atoms with Crippen LogP contribution >= 0.6 is 0 Å². The molecule has 6 heteroatoms. The van der Waals surface area contributed by atoms with Gasteiger partial charge in [0.25, 0.3) is 8.32 Å². The van der Waals surface area contributed by atoms with E-state index in [1.165, 1.54) is 15.9 Å². The Kier molecular flexibility index (Phi) is 10.8. The number of carbonyl (C=O) groups excluding carboxylic acids is 2. The summed E-state index contributed by atoms with van der Waals surface area (Å²) in [5.41, 5.74) is 1.29. The van der Waals surface area contributed by atoms with E-state index in [4.69, 9.17) is 13.9 Å². The SMILES string of the molecule is CC[C@H](C)C(=O)O[C@H]1C[C@@H](C)C=C2C=C[C@H](C)[C@H](CC[C@@H]3C[C@@H](O[Si](c4ccccc4)(c4ccccc4)C(C)(C)C)CC(=O)O3)[C@H]21. The first-order valence-corrected chi connectivity index (χ1v) is 19.4. The lowest BCUT2D eigenvalue weighted by atomic mass is 9.65. The lowest BCUT2D eigenvalue weighted by Crippen LogP contribution is -2.68. The topological polar surface area (TPSA) is 61.8 Å². The first-order valence-electron chi connectivity index (χ1n) is 17.5. The Morgan fingerprint density at radius 3 is 2.20 bits per heavy atom. The molecule has 0 saturated carbocycles. The van der Waals surface area contributed by atoms with Gasteiger partial charge in [-0.1, -0.05) is 127 Å². The average Bonchev–Trinajstić information content (AvgIpc) is 3.02.